The van der Waals surface area contributed by atoms with E-state index < -0.39 is 9.84 Å². The monoisotopic (exact) mass is 217 g/mol. The minimum absolute atomic E-state index is 0.0500. The summed E-state index contributed by atoms with van der Waals surface area (Å²) in [6, 6.07) is 0. The molecule has 1 saturated carbocycles. The van der Waals surface area contributed by atoms with Gasteiger partial charge < -0.3 is 5.32 Å². The van der Waals surface area contributed by atoms with E-state index in [1.54, 1.807) is 13.1 Å². The maximum absolute atomic E-state index is 11.1. The quantitative estimate of drug-likeness (QED) is 0.740. The van der Waals surface area contributed by atoms with E-state index in [0.29, 0.717) is 0 Å². The van der Waals surface area contributed by atoms with Gasteiger partial charge in [0.15, 0.2) is 9.84 Å². The van der Waals surface area contributed by atoms with Gasteiger partial charge in [0.05, 0.1) is 0 Å². The SMILES string of the molecule is CNC(=O)C1CC(/C=C/S(C)(=O)=O)C1. The molecule has 0 unspecified atom stereocenters. The number of sulfone groups is 1. The van der Waals surface area contributed by atoms with E-state index in [9.17, 15) is 13.2 Å². The number of amides is 1. The standard InChI is InChI=1S/C9H15NO3S/c1-10-9(11)8-5-7(6-8)3-4-14(2,12)13/h3-4,7-8H,5-6H2,1-2H3,(H,10,11)/b4-3+. The van der Waals surface area contributed by atoms with Crippen molar-refractivity contribution in [2.24, 2.45) is 11.8 Å². The average molecular weight is 217 g/mol. The molecule has 5 heteroatoms. The highest BCUT2D eigenvalue weighted by Crippen LogP contribution is 2.34. The van der Waals surface area contributed by atoms with Crippen molar-refractivity contribution in [3.8, 4) is 0 Å². The Labute approximate surface area is 84.3 Å². The van der Waals surface area contributed by atoms with Crippen LogP contribution in [0.25, 0.3) is 0 Å². The summed E-state index contributed by atoms with van der Waals surface area (Å²) in [5.74, 6) is 0.357. The van der Waals surface area contributed by atoms with Crippen molar-refractivity contribution in [3.05, 3.63) is 11.5 Å². The summed E-state index contributed by atoms with van der Waals surface area (Å²) < 4.78 is 21.6. The lowest BCUT2D eigenvalue weighted by molar-refractivity contribution is -0.127. The van der Waals surface area contributed by atoms with Gasteiger partial charge in [0.2, 0.25) is 5.91 Å². The molecule has 1 aliphatic rings. The third kappa shape index (κ3) is 3.14. The minimum Gasteiger partial charge on any atom is -0.359 e. The Morgan fingerprint density at radius 2 is 2.00 bits per heavy atom. The van der Waals surface area contributed by atoms with Crippen LogP contribution in [-0.2, 0) is 14.6 Å². The summed E-state index contributed by atoms with van der Waals surface area (Å²) in [5.41, 5.74) is 0. The van der Waals surface area contributed by atoms with E-state index >= 15 is 0 Å². The van der Waals surface area contributed by atoms with Crippen LogP contribution in [0.5, 0.6) is 0 Å². The van der Waals surface area contributed by atoms with Crippen LogP contribution in [0.3, 0.4) is 0 Å². The lowest BCUT2D eigenvalue weighted by Crippen LogP contribution is -2.36. The van der Waals surface area contributed by atoms with Crippen molar-refractivity contribution >= 4 is 15.7 Å². The van der Waals surface area contributed by atoms with Gasteiger partial charge >= 0.3 is 0 Å². The zero-order chi connectivity index (χ0) is 10.8. The van der Waals surface area contributed by atoms with Gasteiger partial charge in [0, 0.05) is 24.6 Å². The smallest absolute Gasteiger partial charge is 0.222 e. The van der Waals surface area contributed by atoms with Crippen LogP contribution in [-0.4, -0.2) is 27.6 Å². The molecule has 0 bridgehead atoms. The maximum atomic E-state index is 11.1. The van der Waals surface area contributed by atoms with Gasteiger partial charge in [-0.1, -0.05) is 6.08 Å². The van der Waals surface area contributed by atoms with Crippen LogP contribution in [0.2, 0.25) is 0 Å². The fourth-order valence-electron chi connectivity index (χ4n) is 1.49. The highest BCUT2D eigenvalue weighted by Gasteiger charge is 2.32. The van der Waals surface area contributed by atoms with Crippen LogP contribution >= 0.6 is 0 Å². The molecule has 1 rings (SSSR count). The molecular formula is C9H15NO3S. The van der Waals surface area contributed by atoms with Crippen LogP contribution in [0.15, 0.2) is 11.5 Å². The molecule has 1 fully saturated rings. The largest absolute Gasteiger partial charge is 0.359 e. The first-order valence-electron chi connectivity index (χ1n) is 4.52. The molecule has 80 valence electrons. The van der Waals surface area contributed by atoms with Crippen molar-refractivity contribution in [1.82, 2.24) is 5.32 Å². The van der Waals surface area contributed by atoms with Gasteiger partial charge in [-0.15, -0.1) is 0 Å². The molecule has 4 nitrogen and oxygen atoms in total. The molecule has 1 amide bonds. The summed E-state index contributed by atoms with van der Waals surface area (Å²) in [7, 11) is -1.41. The zero-order valence-corrected chi connectivity index (χ0v) is 9.17. The molecule has 0 heterocycles. The van der Waals surface area contributed by atoms with Gasteiger partial charge in [-0.2, -0.15) is 0 Å². The normalized spacial score (nSPS) is 27.3. The molecule has 1 aliphatic carbocycles. The van der Waals surface area contributed by atoms with Crippen LogP contribution in [0, 0.1) is 11.8 Å². The van der Waals surface area contributed by atoms with E-state index in [1.807, 2.05) is 0 Å². The minimum atomic E-state index is -3.02. The zero-order valence-electron chi connectivity index (χ0n) is 8.36. The number of hydrogen-bond donors (Lipinski definition) is 1. The number of carbonyl (C=O) groups excluding carboxylic acids is 1. The maximum Gasteiger partial charge on any atom is 0.222 e. The van der Waals surface area contributed by atoms with Gasteiger partial charge in [-0.3, -0.25) is 4.79 Å². The Hall–Kier alpha value is -0.840. The fraction of sp³-hybridized carbons (Fsp3) is 0.667. The predicted molar refractivity (Wildman–Crippen MR) is 54.3 cm³/mol. The first-order valence-corrected chi connectivity index (χ1v) is 6.47. The Morgan fingerprint density at radius 1 is 1.43 bits per heavy atom. The molecule has 0 aliphatic heterocycles. The second-order valence-corrected chi connectivity index (χ2v) is 5.63. The van der Waals surface area contributed by atoms with E-state index in [4.69, 9.17) is 0 Å². The molecule has 0 aromatic rings. The highest BCUT2D eigenvalue weighted by molar-refractivity contribution is 7.93. The highest BCUT2D eigenvalue weighted by atomic mass is 32.2. The summed E-state index contributed by atoms with van der Waals surface area (Å²) in [4.78, 5) is 11.1. The number of nitrogens with one attached hydrogen (secondary N) is 1. The predicted octanol–water partition coefficient (Wildman–Crippen LogP) is 0.317. The van der Waals surface area contributed by atoms with Gasteiger partial charge in [0.25, 0.3) is 0 Å². The fourth-order valence-corrected chi connectivity index (χ4v) is 2.00. The van der Waals surface area contributed by atoms with Crippen molar-refractivity contribution in [2.75, 3.05) is 13.3 Å². The molecule has 0 saturated heterocycles. The Balaban J connectivity index is 2.36. The number of rotatable bonds is 3. The molecule has 14 heavy (non-hydrogen) atoms. The second-order valence-electron chi connectivity index (χ2n) is 3.70. The summed E-state index contributed by atoms with van der Waals surface area (Å²) >= 11 is 0. The molecule has 1 N–H and O–H groups in total. The molecule has 0 aromatic carbocycles. The topological polar surface area (TPSA) is 63.2 Å². The Kier molecular flexibility index (Phi) is 3.31. The van der Waals surface area contributed by atoms with Gasteiger partial charge in [-0.25, -0.2) is 8.42 Å². The Bertz CT molecular complexity index is 339. The third-order valence-electron chi connectivity index (χ3n) is 2.39. The number of allylic oxidation sites excluding steroid dienone is 1. The van der Waals surface area contributed by atoms with Gasteiger partial charge in [-0.05, 0) is 18.8 Å². The Morgan fingerprint density at radius 3 is 2.43 bits per heavy atom. The molecular weight excluding hydrogens is 202 g/mol. The van der Waals surface area contributed by atoms with Crippen molar-refractivity contribution in [3.63, 3.8) is 0 Å². The molecule has 0 radical (unpaired) electrons. The van der Waals surface area contributed by atoms with Crippen molar-refractivity contribution in [1.29, 1.82) is 0 Å². The third-order valence-corrected chi connectivity index (χ3v) is 3.04. The average Bonchev–Trinajstić information content (AvgIpc) is 1.98. The van der Waals surface area contributed by atoms with Crippen LogP contribution < -0.4 is 5.32 Å². The van der Waals surface area contributed by atoms with Crippen LogP contribution in [0.1, 0.15) is 12.8 Å². The lowest BCUT2D eigenvalue weighted by Gasteiger charge is -2.31. The lowest BCUT2D eigenvalue weighted by atomic mass is 9.74. The van der Waals surface area contributed by atoms with Crippen LogP contribution in [0.4, 0.5) is 0 Å². The van der Waals surface area contributed by atoms with Gasteiger partial charge in [0.1, 0.15) is 0 Å². The second kappa shape index (κ2) is 4.13. The van der Waals surface area contributed by atoms with E-state index in [-0.39, 0.29) is 17.7 Å². The molecule has 0 aromatic heterocycles. The van der Waals surface area contributed by atoms with Crippen molar-refractivity contribution < 1.29 is 13.2 Å². The van der Waals surface area contributed by atoms with Crippen molar-refractivity contribution in [2.45, 2.75) is 12.8 Å². The first kappa shape index (κ1) is 11.2. The number of carbonyl (C=O) groups is 1. The number of hydrogen-bond acceptors (Lipinski definition) is 3. The summed E-state index contributed by atoms with van der Waals surface area (Å²) in [6.07, 6.45) is 4.35. The summed E-state index contributed by atoms with van der Waals surface area (Å²) in [5, 5.41) is 3.80. The first-order chi connectivity index (χ1) is 6.42. The van der Waals surface area contributed by atoms with E-state index in [0.717, 1.165) is 12.8 Å². The van der Waals surface area contributed by atoms with E-state index in [1.165, 1.54) is 11.7 Å². The molecule has 0 atom stereocenters. The summed E-state index contributed by atoms with van der Waals surface area (Å²) in [6.45, 7) is 0. The molecule has 0 spiro atoms. The van der Waals surface area contributed by atoms with E-state index in [2.05, 4.69) is 5.32 Å².